The Morgan fingerprint density at radius 1 is 0.968 bits per heavy atom. The van der Waals surface area contributed by atoms with Gasteiger partial charge in [-0.25, -0.2) is 0 Å². The van der Waals surface area contributed by atoms with Gasteiger partial charge < -0.3 is 21.1 Å². The Labute approximate surface area is 184 Å². The molecule has 1 rings (SSSR count). The number of carbonyl (C=O) groups excluding carboxylic acids is 3. The highest BCUT2D eigenvalue weighted by atomic mass is 16.3. The molecule has 8 heteroatoms. The second kappa shape index (κ2) is 12.1. The number of benzene rings is 1. The summed E-state index contributed by atoms with van der Waals surface area (Å²) in [6, 6.07) is 4.45. The molecule has 0 aliphatic heterocycles. The lowest BCUT2D eigenvalue weighted by molar-refractivity contribution is -0.132. The third kappa shape index (κ3) is 7.38. The zero-order valence-corrected chi connectivity index (χ0v) is 19.5. The summed E-state index contributed by atoms with van der Waals surface area (Å²) in [6.45, 7) is 10.9. The second-order valence-electron chi connectivity index (χ2n) is 8.16. The minimum absolute atomic E-state index is 0.0647. The molecule has 4 atom stereocenters. The van der Waals surface area contributed by atoms with Crippen molar-refractivity contribution in [2.24, 2.45) is 16.8 Å². The zero-order valence-electron chi connectivity index (χ0n) is 19.5. The van der Waals surface area contributed by atoms with Gasteiger partial charge in [0.05, 0.1) is 17.6 Å². The van der Waals surface area contributed by atoms with E-state index in [0.29, 0.717) is 12.1 Å². The molecule has 0 spiro atoms. The molecule has 0 aromatic heterocycles. The number of aliphatic imine (C=N–C) groups is 1. The summed E-state index contributed by atoms with van der Waals surface area (Å²) >= 11 is 0. The van der Waals surface area contributed by atoms with Gasteiger partial charge in [0.15, 0.2) is 0 Å². The maximum absolute atomic E-state index is 13.0. The Hall–Kier alpha value is -2.90. The first-order valence-electron chi connectivity index (χ1n) is 10.7. The van der Waals surface area contributed by atoms with Crippen molar-refractivity contribution < 1.29 is 19.5 Å². The molecule has 0 radical (unpaired) electrons. The molecule has 1 aromatic carbocycles. The van der Waals surface area contributed by atoms with Gasteiger partial charge in [-0.3, -0.25) is 19.4 Å². The van der Waals surface area contributed by atoms with Crippen molar-refractivity contribution in [3.8, 4) is 5.75 Å². The van der Waals surface area contributed by atoms with E-state index in [2.05, 4.69) is 20.9 Å². The lowest BCUT2D eigenvalue weighted by Gasteiger charge is -2.30. The maximum atomic E-state index is 13.0. The van der Waals surface area contributed by atoms with Crippen molar-refractivity contribution in [3.05, 3.63) is 29.8 Å². The summed E-state index contributed by atoms with van der Waals surface area (Å²) in [4.78, 5) is 42.1. The Kier molecular flexibility index (Phi) is 10.2. The van der Waals surface area contributed by atoms with Crippen molar-refractivity contribution >= 4 is 23.4 Å². The average Bonchev–Trinajstić information content (AvgIpc) is 2.74. The molecule has 0 heterocycles. The minimum atomic E-state index is -0.684. The Bertz CT molecular complexity index is 807. The topological polar surface area (TPSA) is 120 Å². The van der Waals surface area contributed by atoms with E-state index < -0.39 is 24.0 Å². The molecule has 0 saturated carbocycles. The molecule has 0 bridgehead atoms. The van der Waals surface area contributed by atoms with Crippen molar-refractivity contribution in [3.63, 3.8) is 0 Å². The van der Waals surface area contributed by atoms with Crippen LogP contribution in [0.5, 0.6) is 5.75 Å². The van der Waals surface area contributed by atoms with Gasteiger partial charge >= 0.3 is 0 Å². The van der Waals surface area contributed by atoms with E-state index in [1.807, 2.05) is 13.8 Å². The van der Waals surface area contributed by atoms with Crippen LogP contribution >= 0.6 is 0 Å². The lowest BCUT2D eigenvalue weighted by atomic mass is 9.96. The number of para-hydroxylation sites is 1. The number of phenols is 1. The molecule has 4 N–H and O–H groups in total. The highest BCUT2D eigenvalue weighted by Gasteiger charge is 2.31. The number of carbonyl (C=O) groups is 3. The van der Waals surface area contributed by atoms with Gasteiger partial charge in [-0.15, -0.1) is 0 Å². The van der Waals surface area contributed by atoms with Crippen LogP contribution in [0.2, 0.25) is 0 Å². The van der Waals surface area contributed by atoms with Gasteiger partial charge in [0.2, 0.25) is 11.8 Å². The molecule has 172 valence electrons. The van der Waals surface area contributed by atoms with Crippen molar-refractivity contribution in [2.75, 3.05) is 7.05 Å². The van der Waals surface area contributed by atoms with Crippen LogP contribution in [0.15, 0.2) is 29.3 Å². The summed E-state index contributed by atoms with van der Waals surface area (Å²) in [6.07, 6.45) is 0.716. The van der Waals surface area contributed by atoms with Gasteiger partial charge in [0, 0.05) is 18.7 Å². The molecule has 31 heavy (non-hydrogen) atoms. The summed E-state index contributed by atoms with van der Waals surface area (Å²) in [5, 5.41) is 18.5. The highest BCUT2D eigenvalue weighted by molar-refractivity contribution is 6.01. The third-order valence-corrected chi connectivity index (χ3v) is 5.43. The van der Waals surface area contributed by atoms with Crippen LogP contribution in [0.1, 0.15) is 58.3 Å². The number of amides is 3. The molecule has 0 saturated heterocycles. The summed E-state index contributed by atoms with van der Waals surface area (Å²) in [5.41, 5.74) is 0.750. The Morgan fingerprint density at radius 2 is 1.58 bits per heavy atom. The fraction of sp³-hybridized carbons (Fsp3) is 0.565. The second-order valence-corrected chi connectivity index (χ2v) is 8.16. The van der Waals surface area contributed by atoms with Crippen LogP contribution in [-0.4, -0.2) is 53.7 Å². The van der Waals surface area contributed by atoms with Crippen molar-refractivity contribution in [1.29, 1.82) is 0 Å². The van der Waals surface area contributed by atoms with E-state index in [0.717, 1.165) is 0 Å². The maximum Gasteiger partial charge on any atom is 0.255 e. The molecule has 0 fully saturated rings. The average molecular weight is 433 g/mol. The summed E-state index contributed by atoms with van der Waals surface area (Å²) in [7, 11) is 1.61. The monoisotopic (exact) mass is 432 g/mol. The van der Waals surface area contributed by atoms with Crippen molar-refractivity contribution in [1.82, 2.24) is 16.0 Å². The van der Waals surface area contributed by atoms with Crippen LogP contribution in [0, 0.1) is 11.8 Å². The van der Waals surface area contributed by atoms with E-state index in [1.165, 1.54) is 12.1 Å². The number of nitrogens with zero attached hydrogens (tertiary/aromatic N) is 1. The standard InChI is InChI=1S/C23H36N4O4/c1-8-14(4)19(26-21(29)13(2)3)23(31)25-16(6)20(15(5)24-7)27-22(30)17-11-9-10-12-18(17)28/h9-14,16,19-20,28H,8H2,1-7H3,(H,25,31)(H,26,29)(H,27,30). The molecule has 0 aliphatic rings. The SMILES string of the molecule is CCC(C)C(NC(=O)C(C)C)C(=O)NC(C)C(NC(=O)c1ccccc1O)C(C)=NC. The van der Waals surface area contributed by atoms with Crippen LogP contribution in [-0.2, 0) is 9.59 Å². The summed E-state index contributed by atoms with van der Waals surface area (Å²) < 4.78 is 0. The first kappa shape index (κ1) is 26.1. The van der Waals surface area contributed by atoms with Crippen LogP contribution in [0.4, 0.5) is 0 Å². The van der Waals surface area contributed by atoms with Crippen molar-refractivity contribution in [2.45, 2.75) is 66.1 Å². The smallest absolute Gasteiger partial charge is 0.255 e. The molecular formula is C23H36N4O4. The fourth-order valence-electron chi connectivity index (χ4n) is 3.03. The number of aromatic hydroxyl groups is 1. The van der Waals surface area contributed by atoms with E-state index in [1.54, 1.807) is 46.9 Å². The Morgan fingerprint density at radius 3 is 2.10 bits per heavy atom. The molecule has 1 aromatic rings. The summed E-state index contributed by atoms with van der Waals surface area (Å²) in [5.74, 6) is -1.42. The van der Waals surface area contributed by atoms with Crippen LogP contribution in [0.3, 0.4) is 0 Å². The van der Waals surface area contributed by atoms with E-state index in [-0.39, 0.29) is 35.0 Å². The molecule has 0 aliphatic carbocycles. The lowest BCUT2D eigenvalue weighted by Crippen LogP contribution is -2.58. The first-order chi connectivity index (χ1) is 14.5. The minimum Gasteiger partial charge on any atom is -0.507 e. The number of nitrogens with one attached hydrogen (secondary N) is 3. The number of phenolic OH excluding ortho intramolecular Hbond substituents is 1. The quantitative estimate of drug-likeness (QED) is 0.424. The van der Waals surface area contributed by atoms with Gasteiger partial charge in [0.25, 0.3) is 5.91 Å². The normalized spacial score (nSPS) is 15.5. The number of hydrogen-bond acceptors (Lipinski definition) is 5. The van der Waals surface area contributed by atoms with E-state index >= 15 is 0 Å². The first-order valence-corrected chi connectivity index (χ1v) is 10.7. The van der Waals surface area contributed by atoms with Gasteiger partial charge in [-0.05, 0) is 31.9 Å². The molecule has 8 nitrogen and oxygen atoms in total. The number of rotatable bonds is 10. The predicted octanol–water partition coefficient (Wildman–Crippen LogP) is 2.27. The zero-order chi connectivity index (χ0) is 23.7. The highest BCUT2D eigenvalue weighted by Crippen LogP contribution is 2.16. The van der Waals surface area contributed by atoms with Gasteiger partial charge in [-0.1, -0.05) is 46.2 Å². The third-order valence-electron chi connectivity index (χ3n) is 5.43. The molecular weight excluding hydrogens is 396 g/mol. The fourth-order valence-corrected chi connectivity index (χ4v) is 3.03. The number of hydrogen-bond donors (Lipinski definition) is 4. The Balaban J connectivity index is 3.02. The predicted molar refractivity (Wildman–Crippen MR) is 122 cm³/mol. The largest absolute Gasteiger partial charge is 0.507 e. The van der Waals surface area contributed by atoms with Crippen LogP contribution < -0.4 is 16.0 Å². The molecule has 4 unspecified atom stereocenters. The van der Waals surface area contributed by atoms with E-state index in [4.69, 9.17) is 0 Å². The van der Waals surface area contributed by atoms with Gasteiger partial charge in [0.1, 0.15) is 11.8 Å². The molecule has 3 amide bonds. The van der Waals surface area contributed by atoms with Crippen LogP contribution in [0.25, 0.3) is 0 Å². The van der Waals surface area contributed by atoms with Gasteiger partial charge in [-0.2, -0.15) is 0 Å². The van der Waals surface area contributed by atoms with E-state index in [9.17, 15) is 19.5 Å².